The first kappa shape index (κ1) is 19.5. The third-order valence-corrected chi connectivity index (χ3v) is 5.31. The molecule has 25 heavy (non-hydrogen) atoms. The quantitative estimate of drug-likeness (QED) is 0.736. The first-order valence-corrected chi connectivity index (χ1v) is 9.56. The van der Waals surface area contributed by atoms with E-state index < -0.39 is 5.41 Å². The molecule has 1 aromatic rings. The van der Waals surface area contributed by atoms with Crippen molar-refractivity contribution in [3.8, 4) is 0 Å². The number of piperidine rings is 1. The normalized spacial score (nSPS) is 18.1. The second-order valence-electron chi connectivity index (χ2n) is 7.49. The number of rotatable bonds is 6. The lowest BCUT2D eigenvalue weighted by molar-refractivity contribution is -0.156. The Hall–Kier alpha value is -1.84. The molecule has 1 unspecified atom stereocenters. The summed E-state index contributed by atoms with van der Waals surface area (Å²) < 4.78 is 0. The molecule has 0 N–H and O–H groups in total. The smallest absolute Gasteiger partial charge is 0.237 e. The van der Waals surface area contributed by atoms with Crippen LogP contribution in [0, 0.1) is 5.41 Å². The van der Waals surface area contributed by atoms with Crippen molar-refractivity contribution < 1.29 is 9.59 Å². The lowest BCUT2D eigenvalue weighted by Crippen LogP contribution is -2.54. The summed E-state index contributed by atoms with van der Waals surface area (Å²) in [4.78, 5) is 30.1. The highest BCUT2D eigenvalue weighted by molar-refractivity contribution is 6.04. The van der Waals surface area contributed by atoms with E-state index in [4.69, 9.17) is 0 Å². The second kappa shape index (κ2) is 8.50. The van der Waals surface area contributed by atoms with Crippen LogP contribution in [-0.2, 0) is 16.1 Å². The minimum absolute atomic E-state index is 0.0180. The molecule has 0 spiro atoms. The molecule has 4 nitrogen and oxygen atoms in total. The fourth-order valence-electron chi connectivity index (χ4n) is 3.67. The Morgan fingerprint density at radius 3 is 2.44 bits per heavy atom. The maximum Gasteiger partial charge on any atom is 0.237 e. The van der Waals surface area contributed by atoms with Crippen LogP contribution in [0.2, 0.25) is 0 Å². The average molecular weight is 344 g/mol. The predicted octanol–water partition coefficient (Wildman–Crippen LogP) is 3.85. The Labute approximate surface area is 152 Å². The molecule has 1 aliphatic heterocycles. The van der Waals surface area contributed by atoms with Gasteiger partial charge in [-0.05, 0) is 52.0 Å². The van der Waals surface area contributed by atoms with E-state index in [-0.39, 0.29) is 17.9 Å². The summed E-state index contributed by atoms with van der Waals surface area (Å²) in [5.41, 5.74) is 0.0700. The summed E-state index contributed by atoms with van der Waals surface area (Å²) in [7, 11) is 0. The highest BCUT2D eigenvalue weighted by Gasteiger charge is 2.43. The Morgan fingerprint density at radius 1 is 1.16 bits per heavy atom. The van der Waals surface area contributed by atoms with Crippen LogP contribution in [0.15, 0.2) is 30.3 Å². The van der Waals surface area contributed by atoms with Gasteiger partial charge in [-0.15, -0.1) is 0 Å². The Morgan fingerprint density at radius 2 is 1.84 bits per heavy atom. The van der Waals surface area contributed by atoms with Gasteiger partial charge in [-0.2, -0.15) is 0 Å². The molecule has 4 heteroatoms. The van der Waals surface area contributed by atoms with Gasteiger partial charge in [0.1, 0.15) is 5.41 Å². The van der Waals surface area contributed by atoms with Gasteiger partial charge in [-0.25, -0.2) is 0 Å². The average Bonchev–Trinajstić information content (AvgIpc) is 2.65. The van der Waals surface area contributed by atoms with Crippen molar-refractivity contribution in [2.45, 2.75) is 66.0 Å². The fraction of sp³-hybridized carbons (Fsp3) is 0.619. The molecule has 1 fully saturated rings. The first-order chi connectivity index (χ1) is 11.9. The van der Waals surface area contributed by atoms with E-state index >= 15 is 0 Å². The standard InChI is InChI=1S/C21H32N2O2/c1-5-18-14-10-11-15-23(18)20(25)21(3,4)19(24)22(6-2)16-17-12-8-7-9-13-17/h7-9,12-13,18H,5-6,10-11,14-16H2,1-4H3. The number of likely N-dealkylation sites (tertiary alicyclic amines) is 1. The van der Waals surface area contributed by atoms with Crippen LogP contribution in [0.4, 0.5) is 0 Å². The van der Waals surface area contributed by atoms with Crippen LogP contribution in [0.5, 0.6) is 0 Å². The van der Waals surface area contributed by atoms with E-state index in [1.54, 1.807) is 18.7 Å². The molecular weight excluding hydrogens is 312 g/mol. The number of benzene rings is 1. The highest BCUT2D eigenvalue weighted by atomic mass is 16.2. The third-order valence-electron chi connectivity index (χ3n) is 5.31. The van der Waals surface area contributed by atoms with Crippen LogP contribution in [0.3, 0.4) is 0 Å². The molecule has 1 aromatic carbocycles. The van der Waals surface area contributed by atoms with E-state index in [0.29, 0.717) is 13.1 Å². The Bertz CT molecular complexity index is 583. The molecular formula is C21H32N2O2. The van der Waals surface area contributed by atoms with Crippen LogP contribution < -0.4 is 0 Å². The van der Waals surface area contributed by atoms with Crippen molar-refractivity contribution in [2.24, 2.45) is 5.41 Å². The van der Waals surface area contributed by atoms with Crippen LogP contribution in [-0.4, -0.2) is 40.7 Å². The molecule has 2 rings (SSSR count). The van der Waals surface area contributed by atoms with E-state index in [1.165, 1.54) is 6.42 Å². The molecule has 138 valence electrons. The van der Waals surface area contributed by atoms with Crippen LogP contribution in [0.25, 0.3) is 0 Å². The molecule has 2 amide bonds. The molecule has 0 aromatic heterocycles. The predicted molar refractivity (Wildman–Crippen MR) is 101 cm³/mol. The van der Waals surface area contributed by atoms with Gasteiger partial charge in [0.2, 0.25) is 11.8 Å². The van der Waals surface area contributed by atoms with Crippen molar-refractivity contribution in [3.05, 3.63) is 35.9 Å². The molecule has 1 atom stereocenters. The lowest BCUT2D eigenvalue weighted by Gasteiger charge is -2.40. The summed E-state index contributed by atoms with van der Waals surface area (Å²) in [5.74, 6) is -0.0974. The number of carbonyl (C=O) groups excluding carboxylic acids is 2. The van der Waals surface area contributed by atoms with Crippen LogP contribution in [0.1, 0.15) is 58.9 Å². The summed E-state index contributed by atoms with van der Waals surface area (Å²) in [6.07, 6.45) is 4.21. The molecule has 1 aliphatic rings. The molecule has 0 saturated carbocycles. The summed E-state index contributed by atoms with van der Waals surface area (Å²) in [6, 6.07) is 10.2. The number of amides is 2. The topological polar surface area (TPSA) is 40.6 Å². The van der Waals surface area contributed by atoms with Crippen molar-refractivity contribution >= 4 is 11.8 Å². The van der Waals surface area contributed by atoms with Gasteiger partial charge in [0.15, 0.2) is 0 Å². The number of hydrogen-bond donors (Lipinski definition) is 0. The van der Waals surface area contributed by atoms with Gasteiger partial charge in [0.05, 0.1) is 0 Å². The minimum Gasteiger partial charge on any atom is -0.339 e. The monoisotopic (exact) mass is 344 g/mol. The van der Waals surface area contributed by atoms with E-state index in [2.05, 4.69) is 6.92 Å². The molecule has 0 bridgehead atoms. The molecule has 0 aliphatic carbocycles. The summed E-state index contributed by atoms with van der Waals surface area (Å²) in [5, 5.41) is 0. The lowest BCUT2D eigenvalue weighted by atomic mass is 9.87. The zero-order chi connectivity index (χ0) is 18.4. The van der Waals surface area contributed by atoms with E-state index in [9.17, 15) is 9.59 Å². The second-order valence-corrected chi connectivity index (χ2v) is 7.49. The van der Waals surface area contributed by atoms with E-state index in [0.717, 1.165) is 31.4 Å². The van der Waals surface area contributed by atoms with Crippen molar-refractivity contribution in [1.29, 1.82) is 0 Å². The van der Waals surface area contributed by atoms with Gasteiger partial charge in [0.25, 0.3) is 0 Å². The van der Waals surface area contributed by atoms with Crippen molar-refractivity contribution in [3.63, 3.8) is 0 Å². The van der Waals surface area contributed by atoms with E-state index in [1.807, 2.05) is 42.2 Å². The number of hydrogen-bond acceptors (Lipinski definition) is 2. The van der Waals surface area contributed by atoms with Gasteiger partial charge in [0, 0.05) is 25.7 Å². The Balaban J connectivity index is 2.14. The zero-order valence-electron chi connectivity index (χ0n) is 16.1. The largest absolute Gasteiger partial charge is 0.339 e. The summed E-state index contributed by atoms with van der Waals surface area (Å²) in [6.45, 7) is 9.58. The van der Waals surface area contributed by atoms with Gasteiger partial charge >= 0.3 is 0 Å². The first-order valence-electron chi connectivity index (χ1n) is 9.56. The molecule has 1 heterocycles. The molecule has 0 radical (unpaired) electrons. The van der Waals surface area contributed by atoms with Crippen molar-refractivity contribution in [1.82, 2.24) is 9.80 Å². The Kier molecular flexibility index (Phi) is 6.63. The minimum atomic E-state index is -1.02. The third kappa shape index (κ3) is 4.42. The van der Waals surface area contributed by atoms with Gasteiger partial charge < -0.3 is 9.80 Å². The fourth-order valence-corrected chi connectivity index (χ4v) is 3.67. The zero-order valence-corrected chi connectivity index (χ0v) is 16.1. The van der Waals surface area contributed by atoms with Gasteiger partial charge in [-0.1, -0.05) is 37.3 Å². The highest BCUT2D eigenvalue weighted by Crippen LogP contribution is 2.29. The van der Waals surface area contributed by atoms with Crippen LogP contribution >= 0.6 is 0 Å². The van der Waals surface area contributed by atoms with Crippen molar-refractivity contribution in [2.75, 3.05) is 13.1 Å². The maximum absolute atomic E-state index is 13.2. The SMILES string of the molecule is CCC1CCCCN1C(=O)C(C)(C)C(=O)N(CC)Cc1ccccc1. The van der Waals surface area contributed by atoms with Gasteiger partial charge in [-0.3, -0.25) is 9.59 Å². The summed E-state index contributed by atoms with van der Waals surface area (Å²) >= 11 is 0. The number of carbonyl (C=O) groups is 2. The maximum atomic E-state index is 13.2. The molecule has 1 saturated heterocycles. The number of nitrogens with zero attached hydrogens (tertiary/aromatic N) is 2.